The minimum Gasteiger partial charge on any atom is -0.309 e. The highest BCUT2D eigenvalue weighted by Gasteiger charge is 2.49. The topological polar surface area (TPSA) is 6.48 Å². The molecule has 24 rings (SSSR count). The van der Waals surface area contributed by atoms with Crippen molar-refractivity contribution in [2.75, 3.05) is 9.80 Å². The van der Waals surface area contributed by atoms with Gasteiger partial charge < -0.3 is 9.80 Å². The van der Waals surface area contributed by atoms with Crippen molar-refractivity contribution < 1.29 is 0 Å². The molecule has 522 valence electrons. The summed E-state index contributed by atoms with van der Waals surface area (Å²) in [5.41, 5.74) is 24.8. The summed E-state index contributed by atoms with van der Waals surface area (Å²) in [6.45, 7) is 0. The first-order valence-electron chi connectivity index (χ1n) is 43.6. The molecule has 16 aliphatic rings. The molecule has 0 aromatic heterocycles. The molecule has 0 spiro atoms. The lowest BCUT2D eigenvalue weighted by Gasteiger charge is -2.36. The second kappa shape index (κ2) is 23.7. The fourth-order valence-electron chi connectivity index (χ4n) is 30.3. The molecule has 16 saturated carbocycles. The molecule has 102 heavy (non-hydrogen) atoms. The second-order valence-corrected chi connectivity index (χ2v) is 39.7. The van der Waals surface area contributed by atoms with E-state index in [0.717, 1.165) is 94.7 Å². The van der Waals surface area contributed by atoms with E-state index in [0.29, 0.717) is 47.3 Å². The van der Waals surface area contributed by atoms with Gasteiger partial charge in [0.2, 0.25) is 0 Å². The highest BCUT2D eigenvalue weighted by molar-refractivity contribution is 6.24. The van der Waals surface area contributed by atoms with Gasteiger partial charge in [-0.05, 0) is 406 Å². The summed E-state index contributed by atoms with van der Waals surface area (Å²) in [7, 11) is 0. The Bertz CT molecular complexity index is 4260. The van der Waals surface area contributed by atoms with E-state index in [4.69, 9.17) is 0 Å². The van der Waals surface area contributed by atoms with E-state index in [1.807, 2.05) is 0 Å². The Kier molecular flexibility index (Phi) is 14.2. The summed E-state index contributed by atoms with van der Waals surface area (Å²) in [5, 5.41) is 5.68. The van der Waals surface area contributed by atoms with Gasteiger partial charge in [-0.25, -0.2) is 0 Å². The van der Waals surface area contributed by atoms with Crippen molar-refractivity contribution >= 4 is 55.7 Å². The first-order valence-corrected chi connectivity index (χ1v) is 43.6. The Morgan fingerprint density at radius 3 is 0.657 bits per heavy atom. The van der Waals surface area contributed by atoms with Crippen LogP contribution in [0.2, 0.25) is 0 Å². The SMILES string of the molecule is c1ccc(-c2ccc3c(N(c4cc(C5CC6CCC5C6)cc(C5CC6CCC5C6)c4)c4cc(C5CC6CCC5C6)cc(C5CC6CCC5C6)c4)c4ccccc4c(N(c4cc(C5CC6CCC5C6)cc(C5CC6CCC5C6)c4)c4cc(C5CC6CCC5C6)cc(C5CC6CCC5C6)c4)c3c2)cc1. The smallest absolute Gasteiger partial charge is 0.0620 e. The maximum absolute atomic E-state index is 3.04. The van der Waals surface area contributed by atoms with Crippen LogP contribution in [-0.4, -0.2) is 0 Å². The number of fused-ring (bicyclic) bond motifs is 18. The van der Waals surface area contributed by atoms with Gasteiger partial charge in [0.25, 0.3) is 0 Å². The van der Waals surface area contributed by atoms with E-state index >= 15 is 0 Å². The number of hydrogen-bond donors (Lipinski definition) is 0. The molecule has 0 saturated heterocycles. The van der Waals surface area contributed by atoms with Crippen LogP contribution in [0.3, 0.4) is 0 Å². The lowest BCUT2D eigenvalue weighted by atomic mass is 9.78. The van der Waals surface area contributed by atoms with Crippen LogP contribution in [0.25, 0.3) is 32.7 Å². The van der Waals surface area contributed by atoms with Crippen LogP contribution in [0.4, 0.5) is 34.1 Å². The lowest BCUT2D eigenvalue weighted by molar-refractivity contribution is 0.411. The normalized spacial score (nSPS) is 38.7. The van der Waals surface area contributed by atoms with Crippen LogP contribution >= 0.6 is 0 Å². The van der Waals surface area contributed by atoms with Crippen molar-refractivity contribution in [1.29, 1.82) is 0 Å². The van der Waals surface area contributed by atoms with Crippen LogP contribution in [0.5, 0.6) is 0 Å². The quantitative estimate of drug-likeness (QED) is 0.0746. The molecule has 0 heterocycles. The number of anilines is 6. The molecule has 0 amide bonds. The Morgan fingerprint density at radius 2 is 0.422 bits per heavy atom. The molecular formula is C100H112N2. The third kappa shape index (κ3) is 9.91. The highest BCUT2D eigenvalue weighted by atomic mass is 15.2. The first kappa shape index (κ1) is 61.1. The maximum atomic E-state index is 3.04. The molecule has 8 aromatic rings. The molecule has 0 aliphatic heterocycles. The van der Waals surface area contributed by atoms with E-state index in [9.17, 15) is 0 Å². The molecule has 16 aliphatic carbocycles. The first-order chi connectivity index (χ1) is 50.3. The summed E-state index contributed by atoms with van der Waals surface area (Å²) < 4.78 is 0. The van der Waals surface area contributed by atoms with Gasteiger partial charge in [-0.15, -0.1) is 0 Å². The van der Waals surface area contributed by atoms with Crippen molar-refractivity contribution in [3.8, 4) is 11.1 Å². The van der Waals surface area contributed by atoms with E-state index in [-0.39, 0.29) is 0 Å². The van der Waals surface area contributed by atoms with Crippen LogP contribution < -0.4 is 9.80 Å². The van der Waals surface area contributed by atoms with Gasteiger partial charge >= 0.3 is 0 Å². The van der Waals surface area contributed by atoms with Gasteiger partial charge in [0, 0.05) is 44.3 Å². The van der Waals surface area contributed by atoms with Gasteiger partial charge in [0.15, 0.2) is 0 Å². The van der Waals surface area contributed by atoms with E-state index < -0.39 is 0 Å². The third-order valence-electron chi connectivity index (χ3n) is 34.7. The zero-order chi connectivity index (χ0) is 66.2. The predicted molar refractivity (Wildman–Crippen MR) is 422 cm³/mol. The molecule has 16 bridgehead atoms. The summed E-state index contributed by atoms with van der Waals surface area (Å²) in [6, 6.07) is 64.2. The minimum absolute atomic E-state index is 0.654. The Hall–Kier alpha value is -6.12. The second-order valence-electron chi connectivity index (χ2n) is 39.7. The Labute approximate surface area is 610 Å². The van der Waals surface area contributed by atoms with E-state index in [1.165, 1.54) is 272 Å². The van der Waals surface area contributed by atoms with Crippen molar-refractivity contribution in [3.63, 3.8) is 0 Å². The zero-order valence-electron chi connectivity index (χ0n) is 61.2. The van der Waals surface area contributed by atoms with Crippen LogP contribution in [0.15, 0.2) is 146 Å². The average molecular weight is 1340 g/mol. The zero-order valence-corrected chi connectivity index (χ0v) is 61.2. The summed E-state index contributed by atoms with van der Waals surface area (Å²) >= 11 is 0. The highest BCUT2D eigenvalue weighted by Crippen LogP contribution is 2.65. The summed E-state index contributed by atoms with van der Waals surface area (Å²) in [4.78, 5) is 6.08. The molecule has 8 aromatic carbocycles. The van der Waals surface area contributed by atoms with Crippen molar-refractivity contribution in [3.05, 3.63) is 190 Å². The van der Waals surface area contributed by atoms with Crippen molar-refractivity contribution in [1.82, 2.24) is 0 Å². The third-order valence-corrected chi connectivity index (χ3v) is 34.7. The fourth-order valence-corrected chi connectivity index (χ4v) is 30.3. The largest absolute Gasteiger partial charge is 0.309 e. The fraction of sp³-hybridized carbons (Fsp3) is 0.560. The van der Waals surface area contributed by atoms with Gasteiger partial charge in [-0.2, -0.15) is 0 Å². The monoisotopic (exact) mass is 1340 g/mol. The van der Waals surface area contributed by atoms with Crippen molar-refractivity contribution in [2.24, 2.45) is 94.7 Å². The molecule has 0 radical (unpaired) electrons. The van der Waals surface area contributed by atoms with Crippen molar-refractivity contribution in [2.45, 2.75) is 253 Å². The van der Waals surface area contributed by atoms with Gasteiger partial charge in [0.05, 0.1) is 11.4 Å². The number of nitrogens with zero attached hydrogens (tertiary/aromatic N) is 2. The van der Waals surface area contributed by atoms with Crippen LogP contribution in [0, 0.1) is 94.7 Å². The van der Waals surface area contributed by atoms with Gasteiger partial charge in [-0.1, -0.05) is 142 Å². The predicted octanol–water partition coefficient (Wildman–Crippen LogP) is 27.8. The minimum atomic E-state index is 0.654. The van der Waals surface area contributed by atoms with Crippen LogP contribution in [-0.2, 0) is 0 Å². The standard InChI is InChI=1S/C100H112N2/c1-2-6-65(7-3-1)66-26-27-89-98(56-66)100(102(85-52-79(94-40-61-14-22-71(94)32-61)46-80(53-85)95-41-62-15-23-72(95)33-62)86-54-81(96-42-63-16-24-73(96)34-63)47-82(55-86)97-43-64-17-25-74(97)35-64)88-9-5-4-8-87(88)99(89)101(83-48-75(90-36-57-10-18-67(90)28-57)44-76(49-83)91-37-58-11-19-68(91)29-58)84-50-77(92-38-59-12-20-69(92)30-59)45-78(51-84)93-39-60-13-21-70(93)31-60/h1-9,26-27,44-64,67-74,90-97H,10-25,28-43H2. The number of rotatable bonds is 15. The molecule has 2 nitrogen and oxygen atoms in total. The molecule has 24 atom stereocenters. The molecule has 0 N–H and O–H groups in total. The maximum Gasteiger partial charge on any atom is 0.0620 e. The molecular weight excluding hydrogens is 1230 g/mol. The Balaban J connectivity index is 0.800. The van der Waals surface area contributed by atoms with Crippen LogP contribution in [0.1, 0.15) is 297 Å². The molecule has 2 heteroatoms. The number of hydrogen-bond acceptors (Lipinski definition) is 2. The lowest BCUT2D eigenvalue weighted by Crippen LogP contribution is -2.19. The molecule has 24 unspecified atom stereocenters. The summed E-state index contributed by atoms with van der Waals surface area (Å²) in [6.07, 6.45) is 45.6. The Morgan fingerprint density at radius 1 is 0.186 bits per heavy atom. The van der Waals surface area contributed by atoms with E-state index in [1.54, 1.807) is 44.5 Å². The van der Waals surface area contributed by atoms with E-state index in [2.05, 4.69) is 155 Å². The number of benzene rings is 8. The summed E-state index contributed by atoms with van der Waals surface area (Å²) in [5.74, 6) is 18.9. The average Bonchev–Trinajstić information content (AvgIpc) is 1.11. The van der Waals surface area contributed by atoms with Gasteiger partial charge in [-0.3, -0.25) is 0 Å². The molecule has 16 fully saturated rings. The van der Waals surface area contributed by atoms with Gasteiger partial charge in [0.1, 0.15) is 0 Å².